The lowest BCUT2D eigenvalue weighted by Crippen LogP contribution is -2.66. The SMILES string of the molecule is CN1CCCC(CN)(N2CCOCC2(C)C)CC1. The average Bonchev–Trinajstić information content (AvgIpc) is 2.52. The van der Waals surface area contributed by atoms with E-state index in [0.717, 1.165) is 32.8 Å². The summed E-state index contributed by atoms with van der Waals surface area (Å²) in [5.74, 6) is 0. The van der Waals surface area contributed by atoms with Gasteiger partial charge in [0.2, 0.25) is 0 Å². The van der Waals surface area contributed by atoms with Crippen LogP contribution in [0.5, 0.6) is 0 Å². The third-order valence-corrected chi connectivity index (χ3v) is 4.74. The third kappa shape index (κ3) is 2.72. The second-order valence-corrected chi connectivity index (χ2v) is 6.60. The van der Waals surface area contributed by atoms with Crippen LogP contribution in [-0.4, -0.2) is 67.3 Å². The monoisotopic (exact) mass is 255 g/mol. The summed E-state index contributed by atoms with van der Waals surface area (Å²) in [5.41, 5.74) is 6.49. The average molecular weight is 255 g/mol. The lowest BCUT2D eigenvalue weighted by molar-refractivity contribution is -0.107. The van der Waals surface area contributed by atoms with Gasteiger partial charge in [0.1, 0.15) is 0 Å². The zero-order valence-corrected chi connectivity index (χ0v) is 12.2. The van der Waals surface area contributed by atoms with E-state index in [4.69, 9.17) is 10.5 Å². The summed E-state index contributed by atoms with van der Waals surface area (Å²) in [6, 6.07) is 0. The third-order valence-electron chi connectivity index (χ3n) is 4.74. The van der Waals surface area contributed by atoms with Crippen molar-refractivity contribution in [2.75, 3.05) is 46.4 Å². The number of hydrogen-bond acceptors (Lipinski definition) is 4. The summed E-state index contributed by atoms with van der Waals surface area (Å²) in [6.45, 7) is 10.4. The minimum Gasteiger partial charge on any atom is -0.378 e. The van der Waals surface area contributed by atoms with Crippen molar-refractivity contribution in [1.29, 1.82) is 0 Å². The highest BCUT2D eigenvalue weighted by atomic mass is 16.5. The first-order valence-electron chi connectivity index (χ1n) is 7.24. The zero-order chi connectivity index (χ0) is 13.2. The molecular weight excluding hydrogens is 226 g/mol. The van der Waals surface area contributed by atoms with Gasteiger partial charge in [-0.05, 0) is 53.2 Å². The Morgan fingerprint density at radius 1 is 1.17 bits per heavy atom. The molecule has 0 amide bonds. The fraction of sp³-hybridized carbons (Fsp3) is 1.00. The maximum absolute atomic E-state index is 6.20. The molecule has 2 aliphatic heterocycles. The summed E-state index contributed by atoms with van der Waals surface area (Å²) in [5, 5.41) is 0. The number of likely N-dealkylation sites (tertiary alicyclic amines) is 1. The van der Waals surface area contributed by atoms with Crippen LogP contribution in [0.2, 0.25) is 0 Å². The molecule has 2 fully saturated rings. The maximum Gasteiger partial charge on any atom is 0.0645 e. The van der Waals surface area contributed by atoms with Gasteiger partial charge in [0.15, 0.2) is 0 Å². The summed E-state index contributed by atoms with van der Waals surface area (Å²) in [4.78, 5) is 5.08. The van der Waals surface area contributed by atoms with Crippen LogP contribution in [0.4, 0.5) is 0 Å². The Hall–Kier alpha value is -0.160. The van der Waals surface area contributed by atoms with Crippen LogP contribution >= 0.6 is 0 Å². The smallest absolute Gasteiger partial charge is 0.0645 e. The normalized spacial score (nSPS) is 35.3. The van der Waals surface area contributed by atoms with Crippen molar-refractivity contribution in [2.45, 2.75) is 44.2 Å². The second-order valence-electron chi connectivity index (χ2n) is 6.60. The molecule has 2 rings (SSSR count). The Balaban J connectivity index is 2.19. The topological polar surface area (TPSA) is 41.7 Å². The van der Waals surface area contributed by atoms with Crippen LogP contribution in [0.1, 0.15) is 33.1 Å². The minimum absolute atomic E-state index is 0.112. The number of hydrogen-bond donors (Lipinski definition) is 1. The van der Waals surface area contributed by atoms with Gasteiger partial charge in [0.05, 0.1) is 13.2 Å². The van der Waals surface area contributed by atoms with Crippen molar-refractivity contribution in [3.8, 4) is 0 Å². The van der Waals surface area contributed by atoms with Crippen molar-refractivity contribution in [3.05, 3.63) is 0 Å². The lowest BCUT2D eigenvalue weighted by Gasteiger charge is -2.53. The van der Waals surface area contributed by atoms with Gasteiger partial charge in [-0.15, -0.1) is 0 Å². The minimum atomic E-state index is 0.112. The van der Waals surface area contributed by atoms with E-state index < -0.39 is 0 Å². The van der Waals surface area contributed by atoms with Gasteiger partial charge in [-0.1, -0.05) is 0 Å². The molecule has 2 N–H and O–H groups in total. The van der Waals surface area contributed by atoms with Crippen LogP contribution in [0, 0.1) is 0 Å². The standard InChI is InChI=1S/C14H29N3O/c1-13(2)12-18-10-9-17(13)14(11-15)5-4-7-16(3)8-6-14/h4-12,15H2,1-3H3. The zero-order valence-electron chi connectivity index (χ0n) is 12.2. The van der Waals surface area contributed by atoms with Crippen LogP contribution in [0.15, 0.2) is 0 Å². The van der Waals surface area contributed by atoms with Crippen molar-refractivity contribution in [3.63, 3.8) is 0 Å². The summed E-state index contributed by atoms with van der Waals surface area (Å²) < 4.78 is 5.65. The summed E-state index contributed by atoms with van der Waals surface area (Å²) in [6.07, 6.45) is 3.65. The van der Waals surface area contributed by atoms with E-state index in [1.54, 1.807) is 0 Å². The molecular formula is C14H29N3O. The van der Waals surface area contributed by atoms with Crippen LogP contribution < -0.4 is 5.73 Å². The molecule has 0 bridgehead atoms. The molecule has 1 unspecified atom stereocenters. The summed E-state index contributed by atoms with van der Waals surface area (Å²) >= 11 is 0. The van der Waals surface area contributed by atoms with E-state index in [1.165, 1.54) is 25.8 Å². The molecule has 4 heteroatoms. The molecule has 0 saturated carbocycles. The van der Waals surface area contributed by atoms with Gasteiger partial charge in [-0.25, -0.2) is 0 Å². The van der Waals surface area contributed by atoms with E-state index in [2.05, 4.69) is 30.7 Å². The van der Waals surface area contributed by atoms with E-state index in [-0.39, 0.29) is 11.1 Å². The molecule has 0 spiro atoms. The number of ether oxygens (including phenoxy) is 1. The van der Waals surface area contributed by atoms with E-state index in [0.29, 0.717) is 0 Å². The van der Waals surface area contributed by atoms with Crippen LogP contribution in [0.3, 0.4) is 0 Å². The Kier molecular flexibility index (Phi) is 4.32. The van der Waals surface area contributed by atoms with Gasteiger partial charge in [0, 0.05) is 24.2 Å². The van der Waals surface area contributed by atoms with Crippen LogP contribution in [0.25, 0.3) is 0 Å². The Bertz CT molecular complexity index is 282. The number of rotatable bonds is 2. The number of nitrogens with two attached hydrogens (primary N) is 1. The Morgan fingerprint density at radius 3 is 2.61 bits per heavy atom. The Labute approximate surface area is 111 Å². The first-order valence-corrected chi connectivity index (χ1v) is 7.24. The van der Waals surface area contributed by atoms with E-state index in [1.807, 2.05) is 0 Å². The van der Waals surface area contributed by atoms with Gasteiger partial charge < -0.3 is 15.4 Å². The molecule has 18 heavy (non-hydrogen) atoms. The fourth-order valence-electron chi connectivity index (χ4n) is 3.64. The first kappa shape index (κ1) is 14.3. The predicted octanol–water partition coefficient (Wildman–Crippen LogP) is 0.910. The highest BCUT2D eigenvalue weighted by molar-refractivity contribution is 5.01. The Morgan fingerprint density at radius 2 is 1.94 bits per heavy atom. The predicted molar refractivity (Wildman–Crippen MR) is 74.7 cm³/mol. The molecule has 1 atom stereocenters. The maximum atomic E-state index is 6.20. The van der Waals surface area contributed by atoms with Gasteiger partial charge in [0.25, 0.3) is 0 Å². The lowest BCUT2D eigenvalue weighted by atomic mass is 9.83. The quantitative estimate of drug-likeness (QED) is 0.796. The molecule has 0 aromatic rings. The van der Waals surface area contributed by atoms with Crippen molar-refractivity contribution in [1.82, 2.24) is 9.80 Å². The second kappa shape index (κ2) is 5.45. The molecule has 2 aliphatic rings. The first-order chi connectivity index (χ1) is 8.50. The molecule has 0 aromatic carbocycles. The molecule has 2 heterocycles. The van der Waals surface area contributed by atoms with Crippen molar-refractivity contribution >= 4 is 0 Å². The highest BCUT2D eigenvalue weighted by Gasteiger charge is 2.45. The molecule has 4 nitrogen and oxygen atoms in total. The largest absolute Gasteiger partial charge is 0.378 e. The van der Waals surface area contributed by atoms with Crippen molar-refractivity contribution in [2.24, 2.45) is 5.73 Å². The van der Waals surface area contributed by atoms with E-state index in [9.17, 15) is 0 Å². The highest BCUT2D eigenvalue weighted by Crippen LogP contribution is 2.35. The molecule has 0 aromatic heterocycles. The van der Waals surface area contributed by atoms with Crippen molar-refractivity contribution < 1.29 is 4.74 Å². The van der Waals surface area contributed by atoms with Gasteiger partial charge in [-0.3, -0.25) is 4.90 Å². The number of nitrogens with zero attached hydrogens (tertiary/aromatic N) is 2. The molecule has 0 radical (unpaired) electrons. The van der Waals surface area contributed by atoms with Gasteiger partial charge >= 0.3 is 0 Å². The molecule has 0 aliphatic carbocycles. The molecule has 2 saturated heterocycles. The molecule has 106 valence electrons. The fourth-order valence-corrected chi connectivity index (χ4v) is 3.64. The van der Waals surface area contributed by atoms with Gasteiger partial charge in [-0.2, -0.15) is 0 Å². The van der Waals surface area contributed by atoms with E-state index >= 15 is 0 Å². The summed E-state index contributed by atoms with van der Waals surface area (Å²) in [7, 11) is 2.22. The van der Waals surface area contributed by atoms with Crippen LogP contribution in [-0.2, 0) is 4.74 Å². The number of morpholine rings is 1.